The van der Waals surface area contributed by atoms with Crippen LogP contribution in [-0.4, -0.2) is 363 Å². The highest BCUT2D eigenvalue weighted by Crippen LogP contribution is 2.39. The minimum absolute atomic E-state index is 0.307. The molecule has 0 unspecified atom stereocenters. The molecule has 35 heteroatoms. The summed E-state index contributed by atoms with van der Waals surface area (Å²) in [5, 5.41) is 226. The zero-order valence-electron chi connectivity index (χ0n) is 44.6. The van der Waals surface area contributed by atoms with Crippen molar-refractivity contribution in [3.8, 4) is 0 Å². The van der Waals surface area contributed by atoms with Gasteiger partial charge in [-0.1, -0.05) is 12.1 Å². The summed E-state index contributed by atoms with van der Waals surface area (Å²) in [4.78, 5) is 0. The van der Waals surface area contributed by atoms with Gasteiger partial charge in [-0.3, -0.25) is 0 Å². The molecule has 0 radical (unpaired) electrons. The van der Waals surface area contributed by atoms with Gasteiger partial charge in [0.25, 0.3) is 0 Å². The maximum absolute atomic E-state index is 11.8. The van der Waals surface area contributed by atoms with Crippen LogP contribution in [0.4, 0.5) is 5.69 Å². The van der Waals surface area contributed by atoms with Gasteiger partial charge in [-0.15, -0.1) is 0 Å². The lowest BCUT2D eigenvalue weighted by Crippen LogP contribution is -2.68. The lowest BCUT2D eigenvalue weighted by Gasteiger charge is -2.50. The number of anilines is 1. The average molecular weight is 1220 g/mol. The average Bonchev–Trinajstić information content (AvgIpc) is 2.94. The van der Waals surface area contributed by atoms with Gasteiger partial charge in [-0.2, -0.15) is 0 Å². The molecule has 35 nitrogen and oxygen atoms in total. The van der Waals surface area contributed by atoms with Crippen LogP contribution < -0.4 is 5.32 Å². The smallest absolute Gasteiger partial charge is 0.187 e. The first-order chi connectivity index (χ1) is 40.1. The Labute approximate surface area is 476 Å². The Morgan fingerprint density at radius 2 is 0.488 bits per heavy atom. The molecule has 14 bridgehead atoms. The Morgan fingerprint density at radius 3 is 0.690 bits per heavy atom. The third-order valence-corrected chi connectivity index (χ3v) is 16.1. The van der Waals surface area contributed by atoms with Crippen molar-refractivity contribution in [2.75, 3.05) is 51.5 Å². The molecule has 35 atom stereocenters. The highest BCUT2D eigenvalue weighted by atomic mass is 16.8. The van der Waals surface area contributed by atoms with E-state index in [0.29, 0.717) is 5.69 Å². The molecule has 482 valence electrons. The van der Waals surface area contributed by atoms with Gasteiger partial charge in [-0.05, 0) is 24.6 Å². The molecule has 0 amide bonds. The summed E-state index contributed by atoms with van der Waals surface area (Å²) in [6.07, 6.45) is -69.4. The number of aryl methyl sites for hydroxylation is 1. The second kappa shape index (κ2) is 28.2. The van der Waals surface area contributed by atoms with Crippen molar-refractivity contribution in [3.05, 3.63) is 29.8 Å². The molecule has 21 fully saturated rings. The van der Waals surface area contributed by atoms with E-state index in [-0.39, 0.29) is 6.54 Å². The van der Waals surface area contributed by atoms with Gasteiger partial charge in [0.15, 0.2) is 44.0 Å². The molecule has 21 heterocycles. The van der Waals surface area contributed by atoms with E-state index in [1.54, 1.807) is 31.2 Å². The fourth-order valence-corrected chi connectivity index (χ4v) is 11.4. The van der Waals surface area contributed by atoms with Crippen molar-refractivity contribution in [2.45, 2.75) is 222 Å². The molecule has 21 aliphatic rings. The number of benzene rings is 1. The van der Waals surface area contributed by atoms with Crippen molar-refractivity contribution >= 4 is 5.69 Å². The molecule has 22 rings (SSSR count). The van der Waals surface area contributed by atoms with Crippen LogP contribution in [-0.2, 0) is 66.3 Å². The second-order valence-corrected chi connectivity index (χ2v) is 21.7. The maximum atomic E-state index is 11.8. The Kier molecular flexibility index (Phi) is 22.2. The predicted octanol–water partition coefficient (Wildman–Crippen LogP) is -12.8. The fraction of sp³-hybridized carbons (Fsp3) is 0.878. The van der Waals surface area contributed by atoms with E-state index in [4.69, 9.17) is 66.3 Å². The monoisotopic (exact) mass is 1220 g/mol. The molecule has 21 aliphatic heterocycles. The van der Waals surface area contributed by atoms with Crippen LogP contribution >= 0.6 is 0 Å². The highest BCUT2D eigenvalue weighted by molar-refractivity contribution is 5.45. The van der Waals surface area contributed by atoms with Crippen LogP contribution in [0.25, 0.3) is 0 Å². The zero-order chi connectivity index (χ0) is 60.7. The van der Waals surface area contributed by atoms with E-state index in [0.717, 1.165) is 5.56 Å². The molecule has 21 N–H and O–H groups in total. The second-order valence-electron chi connectivity index (χ2n) is 21.7. The van der Waals surface area contributed by atoms with Crippen molar-refractivity contribution < 1.29 is 168 Å². The molecule has 0 saturated carbocycles. The maximum Gasteiger partial charge on any atom is 0.187 e. The normalized spacial score (nSPS) is 51.7. The van der Waals surface area contributed by atoms with Crippen molar-refractivity contribution in [2.24, 2.45) is 0 Å². The van der Waals surface area contributed by atoms with E-state index in [2.05, 4.69) is 5.32 Å². The van der Waals surface area contributed by atoms with Crippen LogP contribution in [0.2, 0.25) is 0 Å². The number of aliphatic hydroxyl groups is 20. The molecular formula is C49H77NO34. The van der Waals surface area contributed by atoms with Crippen LogP contribution in [0.3, 0.4) is 0 Å². The summed E-state index contributed by atoms with van der Waals surface area (Å²) >= 11 is 0. The summed E-state index contributed by atoms with van der Waals surface area (Å²) in [5.74, 6) is 0. The molecule has 0 aliphatic carbocycles. The van der Waals surface area contributed by atoms with Crippen molar-refractivity contribution in [1.82, 2.24) is 0 Å². The molecule has 1 aromatic carbocycles. The van der Waals surface area contributed by atoms with E-state index < -0.39 is 255 Å². The number of rotatable bonds is 9. The van der Waals surface area contributed by atoms with E-state index >= 15 is 0 Å². The van der Waals surface area contributed by atoms with Gasteiger partial charge in [0.05, 0.1) is 39.6 Å². The number of hydrogen-bond donors (Lipinski definition) is 21. The van der Waals surface area contributed by atoms with Gasteiger partial charge in [-0.25, -0.2) is 0 Å². The first-order valence-electron chi connectivity index (χ1n) is 27.2. The highest BCUT2D eigenvalue weighted by Gasteiger charge is 2.59. The molecule has 21 saturated heterocycles. The first kappa shape index (κ1) is 66.1. The largest absolute Gasteiger partial charge is 0.394 e. The summed E-state index contributed by atoms with van der Waals surface area (Å²) in [5.41, 5.74) is 1.32. The Morgan fingerprint density at radius 1 is 0.286 bits per heavy atom. The topological polar surface area (TPSA) is 546 Å². The first-order valence-corrected chi connectivity index (χ1v) is 27.2. The Hall–Kier alpha value is -2.34. The minimum atomic E-state index is -2.21. The molecule has 0 aromatic heterocycles. The lowest BCUT2D eigenvalue weighted by molar-refractivity contribution is -0.396. The quantitative estimate of drug-likeness (QED) is 0.109. The van der Waals surface area contributed by atoms with Crippen LogP contribution in [0.5, 0.6) is 0 Å². The van der Waals surface area contributed by atoms with Crippen molar-refractivity contribution in [3.63, 3.8) is 0 Å². The number of hydrogen-bond acceptors (Lipinski definition) is 35. The zero-order valence-corrected chi connectivity index (χ0v) is 44.6. The fourth-order valence-electron chi connectivity index (χ4n) is 11.4. The SMILES string of the molecule is Cc1cccc(NC[C@H]2O[C@@H]3O[C@H]4[C@H](O)[C@@H](O)[C@@H](O[C@H]5[C@H](O)[C@@H](O)[C@@H](O[C@H]6[C@H](O)[C@@H](O)[C@@H](O[C@H]7[C@H](O)[C@@H](O)[C@@H](O[C@H]8[C@H](O)[C@@H](O)[C@@H](O[C@H]9[C@H](O)[C@@H](O)[C@@H](O[C@H]2[C@H](O)[C@H]3O)O[C@@H]9CO)O[C@@H]8CO)O[C@@H]7CO)O[C@@H]6CO)O[C@@H]5CO)O[C@@H]4CO)c1. The summed E-state index contributed by atoms with van der Waals surface area (Å²) in [7, 11) is 0. The third kappa shape index (κ3) is 13.3. The molecule has 0 spiro atoms. The Bertz CT molecular complexity index is 2200. The summed E-state index contributed by atoms with van der Waals surface area (Å²) < 4.78 is 81.4. The third-order valence-electron chi connectivity index (χ3n) is 16.1. The van der Waals surface area contributed by atoms with Crippen LogP contribution in [0, 0.1) is 6.92 Å². The molecule has 84 heavy (non-hydrogen) atoms. The van der Waals surface area contributed by atoms with E-state index in [9.17, 15) is 102 Å². The van der Waals surface area contributed by atoms with Crippen LogP contribution in [0.15, 0.2) is 24.3 Å². The van der Waals surface area contributed by atoms with Gasteiger partial charge >= 0.3 is 0 Å². The van der Waals surface area contributed by atoms with Gasteiger partial charge < -0.3 is 174 Å². The summed E-state index contributed by atoms with van der Waals surface area (Å²) in [6, 6.07) is 6.91. The summed E-state index contributed by atoms with van der Waals surface area (Å²) in [6.45, 7) is -4.72. The standard InChI is InChI=1S/C49H77NO34/c1-13-3-2-4-14(5-13)50-6-15-36-22(57)29(64)43(71-15)79-37-16(7-51)73-45(31(66)24(37)59)81-39-18(9-53)75-47(33(68)26(39)61)83-41-20(11-55)77-49(35(70)28(41)63)84-42-21(12-56)76-48(34(69)27(42)62)82-40-19(10-54)74-46(32(67)25(40)60)80-38-17(8-52)72-44(78-36)30(65)23(38)58/h2-5,15-70H,6-12H2,1H3/t15-,16-,17-,18-,19-,20-,21-,22-,23-,24-,25-,26-,27-,28-,29-,30-,31-,32-,33-,34-,35-,36-,37-,38-,39-,40-,41-,42-,43-,44-,45-,46-,47-,48-,49-/m1/s1. The van der Waals surface area contributed by atoms with Gasteiger partial charge in [0.2, 0.25) is 0 Å². The lowest BCUT2D eigenvalue weighted by atomic mass is 9.95. The van der Waals surface area contributed by atoms with Crippen LogP contribution in [0.1, 0.15) is 5.56 Å². The number of nitrogens with one attached hydrogen (secondary N) is 1. The van der Waals surface area contributed by atoms with E-state index in [1.807, 2.05) is 0 Å². The molecular weight excluding hydrogens is 1150 g/mol. The van der Waals surface area contributed by atoms with E-state index in [1.165, 1.54) is 0 Å². The molecule has 1 aromatic rings. The van der Waals surface area contributed by atoms with Gasteiger partial charge in [0.1, 0.15) is 171 Å². The Balaban J connectivity index is 1.02. The number of ether oxygens (including phenoxy) is 14. The van der Waals surface area contributed by atoms with Crippen molar-refractivity contribution in [1.29, 1.82) is 0 Å². The number of aliphatic hydroxyl groups excluding tert-OH is 20. The minimum Gasteiger partial charge on any atom is -0.394 e. The van der Waals surface area contributed by atoms with Gasteiger partial charge in [0, 0.05) is 12.2 Å². The predicted molar refractivity (Wildman–Crippen MR) is 261 cm³/mol.